The molecule has 30 heavy (non-hydrogen) atoms. The fraction of sp³-hybridized carbons (Fsp3) is 0.720. The third kappa shape index (κ3) is 10.9. The van der Waals surface area contributed by atoms with E-state index in [1.165, 1.54) is 64.2 Å². The van der Waals surface area contributed by atoms with Gasteiger partial charge in [-0.2, -0.15) is 0 Å². The molecule has 0 aromatic heterocycles. The Morgan fingerprint density at radius 1 is 1.03 bits per heavy atom. The maximum atomic E-state index is 12.2. The molecule has 5 heteroatoms. The number of anilines is 1. The van der Waals surface area contributed by atoms with Crippen molar-refractivity contribution >= 4 is 11.8 Å². The first-order valence-electron chi connectivity index (χ1n) is 12.1. The van der Waals surface area contributed by atoms with E-state index < -0.39 is 6.09 Å². The Morgan fingerprint density at radius 3 is 2.47 bits per heavy atom. The number of likely N-dealkylation sites (tertiary alicyclic amines) is 1. The molecule has 0 spiro atoms. The van der Waals surface area contributed by atoms with Crippen molar-refractivity contribution in [1.29, 1.82) is 0 Å². The molecule has 1 heterocycles. The number of carbonyl (C=O) groups excluding carboxylic acids is 1. The van der Waals surface area contributed by atoms with Crippen molar-refractivity contribution in [3.05, 3.63) is 24.3 Å². The fourth-order valence-electron chi connectivity index (χ4n) is 3.96. The molecule has 0 saturated carbocycles. The first kappa shape index (κ1) is 24.5. The smallest absolute Gasteiger partial charge is 0.411 e. The van der Waals surface area contributed by atoms with Gasteiger partial charge in [0, 0.05) is 18.3 Å². The van der Waals surface area contributed by atoms with Gasteiger partial charge in [-0.25, -0.2) is 4.79 Å². The van der Waals surface area contributed by atoms with Crippen LogP contribution in [0.4, 0.5) is 10.5 Å². The van der Waals surface area contributed by atoms with Gasteiger partial charge in [-0.3, -0.25) is 10.2 Å². The van der Waals surface area contributed by atoms with Crippen LogP contribution in [0.25, 0.3) is 0 Å². The van der Waals surface area contributed by atoms with E-state index in [-0.39, 0.29) is 6.10 Å². The van der Waals surface area contributed by atoms with E-state index in [9.17, 15) is 4.79 Å². The van der Waals surface area contributed by atoms with E-state index >= 15 is 0 Å². The summed E-state index contributed by atoms with van der Waals surface area (Å²) in [5.41, 5.74) is 0.707. The molecule has 1 aromatic carbocycles. The SMILES string of the molecule is CCCCCCCCCCOc1cccc(NC(=O)O[C@H](C)CN2CCCCC2)c1. The maximum Gasteiger partial charge on any atom is 0.411 e. The number of benzene rings is 1. The van der Waals surface area contributed by atoms with Crippen LogP contribution in [-0.2, 0) is 4.74 Å². The average Bonchev–Trinajstić information content (AvgIpc) is 2.73. The quantitative estimate of drug-likeness (QED) is 0.345. The molecule has 1 aliphatic rings. The van der Waals surface area contributed by atoms with E-state index in [0.717, 1.165) is 38.4 Å². The number of nitrogens with zero attached hydrogens (tertiary/aromatic N) is 1. The number of carbonyl (C=O) groups is 1. The van der Waals surface area contributed by atoms with Crippen LogP contribution in [0.1, 0.15) is 84.5 Å². The minimum Gasteiger partial charge on any atom is -0.494 e. The van der Waals surface area contributed by atoms with E-state index in [1.54, 1.807) is 0 Å². The lowest BCUT2D eigenvalue weighted by Gasteiger charge is -2.28. The summed E-state index contributed by atoms with van der Waals surface area (Å²) in [5, 5.41) is 2.83. The Bertz CT molecular complexity index is 588. The maximum absolute atomic E-state index is 12.2. The molecule has 0 unspecified atom stereocenters. The van der Waals surface area contributed by atoms with E-state index in [0.29, 0.717) is 5.69 Å². The lowest BCUT2D eigenvalue weighted by atomic mass is 10.1. The number of ether oxygens (including phenoxy) is 2. The van der Waals surface area contributed by atoms with Crippen molar-refractivity contribution < 1.29 is 14.3 Å². The van der Waals surface area contributed by atoms with Crippen molar-refractivity contribution in [2.75, 3.05) is 31.6 Å². The molecule has 0 aliphatic carbocycles. The molecule has 170 valence electrons. The second kappa shape index (κ2) is 15.1. The predicted molar refractivity (Wildman–Crippen MR) is 124 cm³/mol. The number of nitrogens with one attached hydrogen (secondary N) is 1. The summed E-state index contributed by atoms with van der Waals surface area (Å²) in [6.07, 6.45) is 13.6. The topological polar surface area (TPSA) is 50.8 Å². The van der Waals surface area contributed by atoms with Crippen molar-refractivity contribution in [3.63, 3.8) is 0 Å². The Balaban J connectivity index is 1.60. The number of amides is 1. The highest BCUT2D eigenvalue weighted by atomic mass is 16.6. The van der Waals surface area contributed by atoms with Crippen LogP contribution in [0.15, 0.2) is 24.3 Å². The minimum absolute atomic E-state index is 0.121. The van der Waals surface area contributed by atoms with Crippen LogP contribution in [0.2, 0.25) is 0 Å². The van der Waals surface area contributed by atoms with Gasteiger partial charge in [-0.05, 0) is 51.4 Å². The number of hydrogen-bond donors (Lipinski definition) is 1. The van der Waals surface area contributed by atoms with Gasteiger partial charge >= 0.3 is 6.09 Å². The molecule has 1 fully saturated rings. The van der Waals surface area contributed by atoms with Crippen molar-refractivity contribution in [1.82, 2.24) is 4.90 Å². The standard InChI is InChI=1S/C25H42N2O3/c1-3-4-5-6-7-8-9-13-19-29-24-16-14-15-23(20-24)26-25(28)30-22(2)21-27-17-11-10-12-18-27/h14-16,20,22H,3-13,17-19,21H2,1-2H3,(H,26,28)/t22-/m1/s1. The summed E-state index contributed by atoms with van der Waals surface area (Å²) in [6, 6.07) is 7.55. The lowest BCUT2D eigenvalue weighted by molar-refractivity contribution is 0.0833. The van der Waals surface area contributed by atoms with Crippen molar-refractivity contribution in [3.8, 4) is 5.75 Å². The monoisotopic (exact) mass is 418 g/mol. The first-order valence-corrected chi connectivity index (χ1v) is 12.1. The van der Waals surface area contributed by atoms with Crippen LogP contribution in [0.5, 0.6) is 5.75 Å². The summed E-state index contributed by atoms with van der Waals surface area (Å²) in [5.74, 6) is 0.789. The predicted octanol–water partition coefficient (Wildman–Crippen LogP) is 6.63. The summed E-state index contributed by atoms with van der Waals surface area (Å²) < 4.78 is 11.4. The van der Waals surface area contributed by atoms with Crippen LogP contribution in [0, 0.1) is 0 Å². The number of rotatable bonds is 14. The molecule has 1 atom stereocenters. The van der Waals surface area contributed by atoms with Gasteiger partial charge in [0.2, 0.25) is 0 Å². The van der Waals surface area contributed by atoms with Gasteiger partial charge in [-0.1, -0.05) is 64.4 Å². The van der Waals surface area contributed by atoms with E-state index in [1.807, 2.05) is 31.2 Å². The molecule has 1 amide bonds. The zero-order chi connectivity index (χ0) is 21.4. The van der Waals surface area contributed by atoms with Crippen LogP contribution in [-0.4, -0.2) is 43.3 Å². The zero-order valence-corrected chi connectivity index (χ0v) is 19.2. The van der Waals surface area contributed by atoms with Gasteiger partial charge in [-0.15, -0.1) is 0 Å². The molecule has 2 rings (SSSR count). The van der Waals surface area contributed by atoms with Crippen LogP contribution < -0.4 is 10.1 Å². The highest BCUT2D eigenvalue weighted by molar-refractivity contribution is 5.84. The normalized spacial score (nSPS) is 15.5. The molecule has 5 nitrogen and oxygen atoms in total. The third-order valence-electron chi connectivity index (χ3n) is 5.62. The summed E-state index contributed by atoms with van der Waals surface area (Å²) in [7, 11) is 0. The molecule has 0 bridgehead atoms. The Hall–Kier alpha value is -1.75. The molecule has 1 aromatic rings. The van der Waals surface area contributed by atoms with E-state index in [4.69, 9.17) is 9.47 Å². The summed E-state index contributed by atoms with van der Waals surface area (Å²) >= 11 is 0. The minimum atomic E-state index is -0.403. The van der Waals surface area contributed by atoms with Crippen LogP contribution in [0.3, 0.4) is 0 Å². The summed E-state index contributed by atoms with van der Waals surface area (Å²) in [4.78, 5) is 14.6. The Morgan fingerprint density at radius 2 is 1.73 bits per heavy atom. The first-order chi connectivity index (χ1) is 14.7. The van der Waals surface area contributed by atoms with Crippen molar-refractivity contribution in [2.24, 2.45) is 0 Å². The van der Waals surface area contributed by atoms with Crippen LogP contribution >= 0.6 is 0 Å². The average molecular weight is 419 g/mol. The highest BCUT2D eigenvalue weighted by Crippen LogP contribution is 2.19. The van der Waals surface area contributed by atoms with Gasteiger partial charge in [0.05, 0.1) is 6.61 Å². The van der Waals surface area contributed by atoms with Gasteiger partial charge < -0.3 is 9.47 Å². The molecule has 1 saturated heterocycles. The Kier molecular flexibility index (Phi) is 12.4. The Labute approximate surface area is 183 Å². The molecule has 1 N–H and O–H groups in total. The number of unbranched alkanes of at least 4 members (excludes halogenated alkanes) is 7. The molecular formula is C25H42N2O3. The fourth-order valence-corrected chi connectivity index (χ4v) is 3.96. The lowest BCUT2D eigenvalue weighted by Crippen LogP contribution is -2.37. The van der Waals surface area contributed by atoms with E-state index in [2.05, 4.69) is 17.1 Å². The summed E-state index contributed by atoms with van der Waals surface area (Å²) in [6.45, 7) is 7.94. The number of hydrogen-bond acceptors (Lipinski definition) is 4. The molecular weight excluding hydrogens is 376 g/mol. The van der Waals surface area contributed by atoms with Gasteiger partial charge in [0.15, 0.2) is 0 Å². The second-order valence-electron chi connectivity index (χ2n) is 8.55. The second-order valence-corrected chi connectivity index (χ2v) is 8.55. The zero-order valence-electron chi connectivity index (χ0n) is 19.2. The van der Waals surface area contributed by atoms with Gasteiger partial charge in [0.25, 0.3) is 0 Å². The van der Waals surface area contributed by atoms with Crippen molar-refractivity contribution in [2.45, 2.75) is 90.6 Å². The van der Waals surface area contributed by atoms with Gasteiger partial charge in [0.1, 0.15) is 11.9 Å². The molecule has 1 aliphatic heterocycles. The third-order valence-corrected chi connectivity index (χ3v) is 5.62. The molecule has 0 radical (unpaired) electrons. The number of piperidine rings is 1. The highest BCUT2D eigenvalue weighted by Gasteiger charge is 2.16. The largest absolute Gasteiger partial charge is 0.494 e.